The molecule has 3 rings (SSSR count). The molecule has 2 nitrogen and oxygen atoms in total. The number of nitrogens with zero attached hydrogens (tertiary/aromatic N) is 1. The number of benzene rings is 1. The first-order valence-corrected chi connectivity index (χ1v) is 6.29. The van der Waals surface area contributed by atoms with Gasteiger partial charge in [0.15, 0.2) is 0 Å². The predicted octanol–water partition coefficient (Wildman–Crippen LogP) is 3.71. The van der Waals surface area contributed by atoms with Crippen LogP contribution in [0.2, 0.25) is 0 Å². The van der Waals surface area contributed by atoms with Crippen LogP contribution < -0.4 is 5.32 Å². The van der Waals surface area contributed by atoms with Gasteiger partial charge >= 0.3 is 0 Å². The lowest BCUT2D eigenvalue weighted by Crippen LogP contribution is -2.17. The molecule has 1 N–H and O–H groups in total. The van der Waals surface area contributed by atoms with Gasteiger partial charge in [-0.3, -0.25) is 0 Å². The predicted molar refractivity (Wildman–Crippen MR) is 69.9 cm³/mol. The van der Waals surface area contributed by atoms with Crippen molar-refractivity contribution in [2.75, 3.05) is 5.32 Å². The summed E-state index contributed by atoms with van der Waals surface area (Å²) in [5, 5.41) is 3.44. The average molecular weight is 242 g/mol. The van der Waals surface area contributed by atoms with Crippen molar-refractivity contribution in [2.45, 2.75) is 25.3 Å². The lowest BCUT2D eigenvalue weighted by Gasteiger charge is -2.27. The monoisotopic (exact) mass is 242 g/mol. The molecule has 1 heterocycles. The molecule has 1 unspecified atom stereocenters. The standard InChI is InChI=1S/C15H15FN2/c16-15-9-8-12(10-17-15)18-14-7-3-5-11-4-1-2-6-13(11)14/h1-2,4,6,8-10,14,18H,3,5,7H2. The van der Waals surface area contributed by atoms with Gasteiger partial charge in [-0.05, 0) is 42.5 Å². The second kappa shape index (κ2) is 4.77. The number of fused-ring (bicyclic) bond motifs is 1. The molecule has 0 bridgehead atoms. The first-order chi connectivity index (χ1) is 8.83. The SMILES string of the molecule is Fc1ccc(NC2CCCc3ccccc32)cn1. The molecule has 1 aromatic carbocycles. The molecule has 0 radical (unpaired) electrons. The van der Waals surface area contributed by atoms with Gasteiger partial charge in [0, 0.05) is 0 Å². The summed E-state index contributed by atoms with van der Waals surface area (Å²) >= 11 is 0. The molecule has 3 heteroatoms. The second-order valence-electron chi connectivity index (χ2n) is 4.66. The van der Waals surface area contributed by atoms with Crippen LogP contribution in [0.3, 0.4) is 0 Å². The quantitative estimate of drug-likeness (QED) is 0.812. The van der Waals surface area contributed by atoms with E-state index in [4.69, 9.17) is 0 Å². The Bertz CT molecular complexity index is 536. The molecule has 1 aliphatic carbocycles. The summed E-state index contributed by atoms with van der Waals surface area (Å²) in [4.78, 5) is 3.67. The van der Waals surface area contributed by atoms with Crippen molar-refractivity contribution < 1.29 is 4.39 Å². The van der Waals surface area contributed by atoms with Crippen LogP contribution in [-0.2, 0) is 6.42 Å². The Kier molecular flexibility index (Phi) is 2.97. The highest BCUT2D eigenvalue weighted by atomic mass is 19.1. The van der Waals surface area contributed by atoms with Crippen LogP contribution >= 0.6 is 0 Å². The highest BCUT2D eigenvalue weighted by Gasteiger charge is 2.19. The van der Waals surface area contributed by atoms with E-state index in [9.17, 15) is 4.39 Å². The molecule has 18 heavy (non-hydrogen) atoms. The molecule has 2 aromatic rings. The molecule has 1 aliphatic rings. The zero-order chi connectivity index (χ0) is 12.4. The van der Waals surface area contributed by atoms with Crippen LogP contribution in [0.5, 0.6) is 0 Å². The average Bonchev–Trinajstić information content (AvgIpc) is 2.42. The molecule has 0 amide bonds. The van der Waals surface area contributed by atoms with E-state index in [0.29, 0.717) is 6.04 Å². The zero-order valence-corrected chi connectivity index (χ0v) is 10.1. The number of hydrogen-bond acceptors (Lipinski definition) is 2. The van der Waals surface area contributed by atoms with Gasteiger partial charge in [0.25, 0.3) is 0 Å². The van der Waals surface area contributed by atoms with Gasteiger partial charge in [0.1, 0.15) is 0 Å². The van der Waals surface area contributed by atoms with Crippen LogP contribution in [0.15, 0.2) is 42.6 Å². The molecule has 0 saturated carbocycles. The van der Waals surface area contributed by atoms with Crippen LogP contribution in [0.4, 0.5) is 10.1 Å². The van der Waals surface area contributed by atoms with Crippen LogP contribution in [0.25, 0.3) is 0 Å². The number of aromatic nitrogens is 1. The fourth-order valence-electron chi connectivity index (χ4n) is 2.57. The van der Waals surface area contributed by atoms with E-state index in [-0.39, 0.29) is 0 Å². The third-order valence-electron chi connectivity index (χ3n) is 3.44. The van der Waals surface area contributed by atoms with Crippen molar-refractivity contribution in [3.63, 3.8) is 0 Å². The van der Waals surface area contributed by atoms with Crippen molar-refractivity contribution in [3.05, 3.63) is 59.7 Å². The summed E-state index contributed by atoms with van der Waals surface area (Å²) in [5.74, 6) is -0.440. The summed E-state index contributed by atoms with van der Waals surface area (Å²) in [6.45, 7) is 0. The smallest absolute Gasteiger partial charge is 0.212 e. The minimum Gasteiger partial charge on any atom is -0.377 e. The minimum absolute atomic E-state index is 0.308. The topological polar surface area (TPSA) is 24.9 Å². The maximum absolute atomic E-state index is 12.8. The first kappa shape index (κ1) is 11.2. The van der Waals surface area contributed by atoms with Crippen molar-refractivity contribution in [2.24, 2.45) is 0 Å². The summed E-state index contributed by atoms with van der Waals surface area (Å²) in [5.41, 5.74) is 3.64. The van der Waals surface area contributed by atoms with Crippen LogP contribution in [0.1, 0.15) is 30.0 Å². The summed E-state index contributed by atoms with van der Waals surface area (Å²) in [7, 11) is 0. The maximum atomic E-state index is 12.8. The Labute approximate surface area is 106 Å². The lowest BCUT2D eigenvalue weighted by molar-refractivity contribution is 0.581. The van der Waals surface area contributed by atoms with Crippen LogP contribution in [0, 0.1) is 5.95 Å². The second-order valence-corrected chi connectivity index (χ2v) is 4.66. The molecular weight excluding hydrogens is 227 g/mol. The van der Waals surface area contributed by atoms with E-state index in [1.54, 1.807) is 12.3 Å². The Hall–Kier alpha value is -1.90. The zero-order valence-electron chi connectivity index (χ0n) is 10.1. The third-order valence-corrected chi connectivity index (χ3v) is 3.44. The van der Waals surface area contributed by atoms with Gasteiger partial charge in [-0.15, -0.1) is 0 Å². The van der Waals surface area contributed by atoms with Crippen LogP contribution in [-0.4, -0.2) is 4.98 Å². The van der Waals surface area contributed by atoms with Gasteiger partial charge in [0.05, 0.1) is 17.9 Å². The molecule has 0 fully saturated rings. The maximum Gasteiger partial charge on any atom is 0.212 e. The first-order valence-electron chi connectivity index (χ1n) is 6.29. The van der Waals surface area contributed by atoms with Crippen molar-refractivity contribution in [3.8, 4) is 0 Å². The van der Waals surface area contributed by atoms with Crippen molar-refractivity contribution >= 4 is 5.69 Å². The van der Waals surface area contributed by atoms with Crippen molar-refractivity contribution in [1.29, 1.82) is 0 Å². The van der Waals surface area contributed by atoms with E-state index in [1.807, 2.05) is 0 Å². The van der Waals surface area contributed by atoms with Gasteiger partial charge in [-0.2, -0.15) is 4.39 Å². The van der Waals surface area contributed by atoms with E-state index < -0.39 is 5.95 Å². The summed E-state index contributed by atoms with van der Waals surface area (Å²) in [6.07, 6.45) is 4.99. The van der Waals surface area contributed by atoms with E-state index in [0.717, 1.165) is 18.5 Å². The fourth-order valence-corrected chi connectivity index (χ4v) is 2.57. The Balaban J connectivity index is 1.84. The lowest BCUT2D eigenvalue weighted by atomic mass is 9.87. The number of aryl methyl sites for hydroxylation is 1. The molecule has 0 saturated heterocycles. The highest BCUT2D eigenvalue weighted by molar-refractivity contribution is 5.45. The Morgan fingerprint density at radius 2 is 2.06 bits per heavy atom. The van der Waals surface area contributed by atoms with E-state index in [1.165, 1.54) is 23.6 Å². The molecule has 92 valence electrons. The highest BCUT2D eigenvalue weighted by Crippen LogP contribution is 2.32. The van der Waals surface area contributed by atoms with Gasteiger partial charge < -0.3 is 5.32 Å². The molecule has 1 aromatic heterocycles. The number of anilines is 1. The number of hydrogen-bond donors (Lipinski definition) is 1. The van der Waals surface area contributed by atoms with Gasteiger partial charge in [-0.1, -0.05) is 24.3 Å². The number of rotatable bonds is 2. The molecule has 0 aliphatic heterocycles. The number of halogens is 1. The van der Waals surface area contributed by atoms with E-state index in [2.05, 4.69) is 34.6 Å². The minimum atomic E-state index is -0.440. The normalized spacial score (nSPS) is 18.2. The number of pyridine rings is 1. The van der Waals surface area contributed by atoms with Gasteiger partial charge in [-0.25, -0.2) is 4.98 Å². The molecular formula is C15H15FN2. The Morgan fingerprint density at radius 3 is 2.89 bits per heavy atom. The molecule has 1 atom stereocenters. The molecule has 0 spiro atoms. The fraction of sp³-hybridized carbons (Fsp3) is 0.267. The number of nitrogens with one attached hydrogen (secondary N) is 1. The Morgan fingerprint density at radius 1 is 1.17 bits per heavy atom. The van der Waals surface area contributed by atoms with Gasteiger partial charge in [0.2, 0.25) is 5.95 Å². The summed E-state index contributed by atoms with van der Waals surface area (Å²) in [6, 6.07) is 11.9. The van der Waals surface area contributed by atoms with Crippen molar-refractivity contribution in [1.82, 2.24) is 4.98 Å². The van der Waals surface area contributed by atoms with E-state index >= 15 is 0 Å². The summed E-state index contributed by atoms with van der Waals surface area (Å²) < 4.78 is 12.8. The third kappa shape index (κ3) is 2.21. The largest absolute Gasteiger partial charge is 0.377 e.